The normalized spacial score (nSPS) is 15.0. The second-order valence-electron chi connectivity index (χ2n) is 8.65. The summed E-state index contributed by atoms with van der Waals surface area (Å²) in [5.41, 5.74) is 5.36. The number of fused-ring (bicyclic) bond motifs is 1. The summed E-state index contributed by atoms with van der Waals surface area (Å²) in [7, 11) is 0. The molecule has 174 valence electrons. The molecule has 4 aromatic rings. The van der Waals surface area contributed by atoms with E-state index in [1.165, 1.54) is 5.56 Å². The molecule has 7 nitrogen and oxygen atoms in total. The molecular weight excluding hydrogens is 424 g/mol. The molecule has 5 rings (SSSR count). The van der Waals surface area contributed by atoms with Crippen LogP contribution in [-0.2, 0) is 13.1 Å². The lowest BCUT2D eigenvalue weighted by atomic mass is 10.1. The Bertz CT molecular complexity index is 1260. The molecule has 0 saturated carbocycles. The molecule has 1 N–H and O–H groups in total. The molecule has 2 aromatic carbocycles. The Kier molecular flexibility index (Phi) is 6.65. The largest absolute Gasteiger partial charge is 0.348 e. The van der Waals surface area contributed by atoms with Crippen molar-refractivity contribution in [2.45, 2.75) is 20.0 Å². The van der Waals surface area contributed by atoms with E-state index in [4.69, 9.17) is 0 Å². The Morgan fingerprint density at radius 2 is 1.62 bits per heavy atom. The van der Waals surface area contributed by atoms with Crippen molar-refractivity contribution >= 4 is 11.6 Å². The van der Waals surface area contributed by atoms with Crippen LogP contribution in [0.1, 0.15) is 28.4 Å². The summed E-state index contributed by atoms with van der Waals surface area (Å²) in [5.74, 6) is -0.168. The number of hydrogen-bond donors (Lipinski definition) is 1. The van der Waals surface area contributed by atoms with Crippen LogP contribution in [0.2, 0.25) is 0 Å². The summed E-state index contributed by atoms with van der Waals surface area (Å²) < 4.78 is 1.73. The molecule has 1 amide bonds. The molecule has 1 aliphatic heterocycles. The van der Waals surface area contributed by atoms with Gasteiger partial charge in [0.1, 0.15) is 5.56 Å². The number of hydrogen-bond acceptors (Lipinski definition) is 5. The Morgan fingerprint density at radius 1 is 0.912 bits per heavy atom. The fourth-order valence-electron chi connectivity index (χ4n) is 4.54. The van der Waals surface area contributed by atoms with Gasteiger partial charge >= 0.3 is 0 Å². The molecular formula is C27H30N6O. The molecule has 1 saturated heterocycles. The fourth-order valence-corrected chi connectivity index (χ4v) is 4.54. The van der Waals surface area contributed by atoms with E-state index in [1.54, 1.807) is 16.9 Å². The van der Waals surface area contributed by atoms with E-state index in [9.17, 15) is 4.79 Å². The van der Waals surface area contributed by atoms with Gasteiger partial charge in [0.2, 0.25) is 0 Å². The topological polar surface area (TPSA) is 65.8 Å². The summed E-state index contributed by atoms with van der Waals surface area (Å²) in [5, 5.41) is 7.55. The minimum atomic E-state index is -0.168. The molecule has 2 aromatic heterocycles. The van der Waals surface area contributed by atoms with Crippen LogP contribution in [-0.4, -0.2) is 63.0 Å². The molecule has 3 heterocycles. The number of carbonyl (C=O) groups excluding carboxylic acids is 1. The van der Waals surface area contributed by atoms with Gasteiger partial charge in [0, 0.05) is 51.0 Å². The number of likely N-dealkylation sites (N-methyl/N-ethyl adjacent to an activating group) is 1. The maximum Gasteiger partial charge on any atom is 0.257 e. The minimum Gasteiger partial charge on any atom is -0.348 e. The molecule has 0 bridgehead atoms. The average molecular weight is 455 g/mol. The van der Waals surface area contributed by atoms with E-state index in [0.717, 1.165) is 56.1 Å². The van der Waals surface area contributed by atoms with Crippen LogP contribution in [0.15, 0.2) is 73.1 Å². The molecule has 0 aliphatic carbocycles. The second kappa shape index (κ2) is 10.2. The van der Waals surface area contributed by atoms with Crippen LogP contribution in [0.25, 0.3) is 16.9 Å². The molecule has 0 atom stereocenters. The van der Waals surface area contributed by atoms with Crippen molar-refractivity contribution < 1.29 is 4.79 Å². The van der Waals surface area contributed by atoms with Gasteiger partial charge in [0.05, 0.1) is 11.9 Å². The van der Waals surface area contributed by atoms with Crippen molar-refractivity contribution in [2.24, 2.45) is 0 Å². The molecule has 1 aliphatic rings. The maximum absolute atomic E-state index is 13.1. The van der Waals surface area contributed by atoms with Crippen molar-refractivity contribution in [3.63, 3.8) is 0 Å². The average Bonchev–Trinajstić information content (AvgIpc) is 3.33. The number of rotatable bonds is 7. The Hall–Kier alpha value is -3.55. The van der Waals surface area contributed by atoms with Crippen LogP contribution < -0.4 is 5.32 Å². The van der Waals surface area contributed by atoms with Crippen molar-refractivity contribution in [1.82, 2.24) is 29.7 Å². The minimum absolute atomic E-state index is 0.168. The molecule has 1 fully saturated rings. The van der Waals surface area contributed by atoms with E-state index >= 15 is 0 Å². The maximum atomic E-state index is 13.1. The molecule has 0 unspecified atom stereocenters. The Morgan fingerprint density at radius 3 is 2.38 bits per heavy atom. The van der Waals surface area contributed by atoms with Crippen molar-refractivity contribution in [1.29, 1.82) is 0 Å². The zero-order valence-electron chi connectivity index (χ0n) is 19.5. The van der Waals surface area contributed by atoms with Crippen LogP contribution in [0.4, 0.5) is 0 Å². The number of piperazine rings is 1. The fraction of sp³-hybridized carbons (Fsp3) is 0.296. The van der Waals surface area contributed by atoms with Gasteiger partial charge in [-0.25, -0.2) is 9.50 Å². The van der Waals surface area contributed by atoms with Gasteiger partial charge in [-0.15, -0.1) is 0 Å². The third-order valence-corrected chi connectivity index (χ3v) is 6.58. The number of nitrogens with one attached hydrogen (secondary N) is 1. The van der Waals surface area contributed by atoms with Gasteiger partial charge in [0.25, 0.3) is 5.91 Å². The summed E-state index contributed by atoms with van der Waals surface area (Å²) in [4.78, 5) is 22.5. The van der Waals surface area contributed by atoms with E-state index in [2.05, 4.69) is 50.3 Å². The van der Waals surface area contributed by atoms with Crippen LogP contribution in [0.3, 0.4) is 0 Å². The lowest BCUT2D eigenvalue weighted by molar-refractivity contribution is 0.0952. The summed E-state index contributed by atoms with van der Waals surface area (Å²) >= 11 is 0. The lowest BCUT2D eigenvalue weighted by Crippen LogP contribution is -2.45. The highest BCUT2D eigenvalue weighted by Crippen LogP contribution is 2.21. The van der Waals surface area contributed by atoms with E-state index < -0.39 is 0 Å². The zero-order valence-corrected chi connectivity index (χ0v) is 19.5. The first-order chi connectivity index (χ1) is 16.7. The van der Waals surface area contributed by atoms with Crippen molar-refractivity contribution in [3.8, 4) is 11.3 Å². The quantitative estimate of drug-likeness (QED) is 0.463. The SMILES string of the molecule is CCN1CCN(Cc2ccccc2CNC(=O)c2cnn3c(-c4ccccc4)ccnc23)CC1. The first kappa shape index (κ1) is 22.3. The zero-order chi connectivity index (χ0) is 23.3. The van der Waals surface area contributed by atoms with Crippen LogP contribution in [0, 0.1) is 0 Å². The predicted molar refractivity (Wildman–Crippen MR) is 133 cm³/mol. The van der Waals surface area contributed by atoms with Gasteiger partial charge in [-0.05, 0) is 23.7 Å². The van der Waals surface area contributed by atoms with Gasteiger partial charge < -0.3 is 10.2 Å². The highest BCUT2D eigenvalue weighted by molar-refractivity contribution is 5.99. The lowest BCUT2D eigenvalue weighted by Gasteiger charge is -2.34. The molecule has 0 spiro atoms. The van der Waals surface area contributed by atoms with Crippen molar-refractivity contribution in [3.05, 3.63) is 89.7 Å². The summed E-state index contributed by atoms with van der Waals surface area (Å²) in [6, 6.07) is 20.3. The first-order valence-corrected chi connectivity index (χ1v) is 11.9. The molecule has 7 heteroatoms. The standard InChI is InChI=1S/C27H30N6O/c1-2-31-14-16-32(17-15-31)20-23-11-7-6-10-22(23)18-29-27(34)24-19-30-33-25(12-13-28-26(24)33)21-8-4-3-5-9-21/h3-13,19H,2,14-18,20H2,1H3,(H,29,34). The monoisotopic (exact) mass is 454 g/mol. The van der Waals surface area contributed by atoms with Crippen LogP contribution in [0.5, 0.6) is 0 Å². The van der Waals surface area contributed by atoms with Gasteiger partial charge in [-0.2, -0.15) is 5.10 Å². The number of carbonyl (C=O) groups is 1. The van der Waals surface area contributed by atoms with Crippen LogP contribution >= 0.6 is 0 Å². The Labute approximate surface area is 200 Å². The Balaban J connectivity index is 1.29. The number of aromatic nitrogens is 3. The second-order valence-corrected chi connectivity index (χ2v) is 8.65. The molecule has 0 radical (unpaired) electrons. The third-order valence-electron chi connectivity index (χ3n) is 6.58. The van der Waals surface area contributed by atoms with Gasteiger partial charge in [-0.1, -0.05) is 61.5 Å². The summed E-state index contributed by atoms with van der Waals surface area (Å²) in [6.45, 7) is 9.09. The van der Waals surface area contributed by atoms with E-state index in [1.807, 2.05) is 42.5 Å². The number of nitrogens with zero attached hydrogens (tertiary/aromatic N) is 5. The highest BCUT2D eigenvalue weighted by Gasteiger charge is 2.18. The van der Waals surface area contributed by atoms with E-state index in [-0.39, 0.29) is 5.91 Å². The smallest absolute Gasteiger partial charge is 0.257 e. The number of benzene rings is 2. The first-order valence-electron chi connectivity index (χ1n) is 11.9. The predicted octanol–water partition coefficient (Wildman–Crippen LogP) is 3.46. The molecule has 34 heavy (non-hydrogen) atoms. The van der Waals surface area contributed by atoms with E-state index in [0.29, 0.717) is 17.8 Å². The van der Waals surface area contributed by atoms with Gasteiger partial charge in [-0.3, -0.25) is 9.69 Å². The number of amides is 1. The van der Waals surface area contributed by atoms with Gasteiger partial charge in [0.15, 0.2) is 5.65 Å². The highest BCUT2D eigenvalue weighted by atomic mass is 16.1. The summed E-state index contributed by atoms with van der Waals surface area (Å²) in [6.07, 6.45) is 3.33. The van der Waals surface area contributed by atoms with Crippen molar-refractivity contribution in [2.75, 3.05) is 32.7 Å². The third kappa shape index (κ3) is 4.71.